The standard InChI is InChI=1S/C21H25NO4/c1-13(2)17-10-15(14(3)9-19(17)24-4)11-22-21(23)20-16-7-5-6-8-18(16)25-12-26-20/h5-10,13,20H,11-12H2,1-4H3,(H,22,23)/t20-/m1/s1. The van der Waals surface area contributed by atoms with Crippen LogP contribution in [0.15, 0.2) is 36.4 Å². The summed E-state index contributed by atoms with van der Waals surface area (Å²) in [5, 5.41) is 2.99. The van der Waals surface area contributed by atoms with E-state index in [4.69, 9.17) is 14.2 Å². The highest BCUT2D eigenvalue weighted by molar-refractivity contribution is 5.83. The van der Waals surface area contributed by atoms with E-state index >= 15 is 0 Å². The molecule has 5 heteroatoms. The highest BCUT2D eigenvalue weighted by Gasteiger charge is 2.28. The molecule has 0 fully saturated rings. The number of carbonyl (C=O) groups is 1. The van der Waals surface area contributed by atoms with E-state index in [0.29, 0.717) is 18.2 Å². The Morgan fingerprint density at radius 3 is 2.81 bits per heavy atom. The summed E-state index contributed by atoms with van der Waals surface area (Å²) < 4.78 is 16.4. The van der Waals surface area contributed by atoms with Crippen molar-refractivity contribution in [1.82, 2.24) is 5.32 Å². The predicted octanol–water partition coefficient (Wildman–Crippen LogP) is 3.85. The first kappa shape index (κ1) is 18.3. The first-order valence-electron chi connectivity index (χ1n) is 8.79. The van der Waals surface area contributed by atoms with Crippen molar-refractivity contribution < 1.29 is 19.0 Å². The second-order valence-electron chi connectivity index (χ2n) is 6.74. The summed E-state index contributed by atoms with van der Waals surface area (Å²) in [4.78, 5) is 12.7. The van der Waals surface area contributed by atoms with Gasteiger partial charge in [-0.05, 0) is 47.7 Å². The van der Waals surface area contributed by atoms with Crippen LogP contribution in [0.5, 0.6) is 11.5 Å². The van der Waals surface area contributed by atoms with Gasteiger partial charge in [-0.15, -0.1) is 0 Å². The zero-order chi connectivity index (χ0) is 18.7. The van der Waals surface area contributed by atoms with Crippen LogP contribution in [-0.4, -0.2) is 19.8 Å². The minimum Gasteiger partial charge on any atom is -0.496 e. The van der Waals surface area contributed by atoms with Gasteiger partial charge in [0, 0.05) is 12.1 Å². The van der Waals surface area contributed by atoms with E-state index in [0.717, 1.165) is 28.0 Å². The molecule has 1 amide bonds. The summed E-state index contributed by atoms with van der Waals surface area (Å²) in [5.74, 6) is 1.75. The average Bonchev–Trinajstić information content (AvgIpc) is 2.65. The van der Waals surface area contributed by atoms with Crippen LogP contribution in [0, 0.1) is 6.92 Å². The van der Waals surface area contributed by atoms with Crippen LogP contribution in [0.2, 0.25) is 0 Å². The molecule has 0 aromatic heterocycles. The number of benzene rings is 2. The first-order valence-corrected chi connectivity index (χ1v) is 8.79. The zero-order valence-corrected chi connectivity index (χ0v) is 15.7. The number of methoxy groups -OCH3 is 1. The molecule has 5 nitrogen and oxygen atoms in total. The van der Waals surface area contributed by atoms with E-state index in [1.807, 2.05) is 37.3 Å². The predicted molar refractivity (Wildman–Crippen MR) is 99.4 cm³/mol. The van der Waals surface area contributed by atoms with Crippen molar-refractivity contribution in [3.8, 4) is 11.5 Å². The van der Waals surface area contributed by atoms with E-state index in [2.05, 4.69) is 25.2 Å². The lowest BCUT2D eigenvalue weighted by atomic mass is 9.96. The maximum atomic E-state index is 12.7. The number of ether oxygens (including phenoxy) is 3. The van der Waals surface area contributed by atoms with E-state index in [-0.39, 0.29) is 12.7 Å². The molecular formula is C21H25NO4. The fraction of sp³-hybridized carbons (Fsp3) is 0.381. The molecule has 0 radical (unpaired) electrons. The summed E-state index contributed by atoms with van der Waals surface area (Å²) in [6, 6.07) is 11.6. The molecule has 3 rings (SSSR count). The Morgan fingerprint density at radius 1 is 1.31 bits per heavy atom. The third kappa shape index (κ3) is 3.68. The Balaban J connectivity index is 1.75. The molecule has 2 aromatic rings. The Bertz CT molecular complexity index is 801. The summed E-state index contributed by atoms with van der Waals surface area (Å²) in [6.45, 7) is 6.80. The largest absolute Gasteiger partial charge is 0.496 e. The molecule has 1 heterocycles. The van der Waals surface area contributed by atoms with Gasteiger partial charge in [0.15, 0.2) is 12.9 Å². The van der Waals surface area contributed by atoms with Crippen LogP contribution >= 0.6 is 0 Å². The monoisotopic (exact) mass is 355 g/mol. The highest BCUT2D eigenvalue weighted by Crippen LogP contribution is 2.32. The molecule has 1 N–H and O–H groups in total. The molecule has 1 atom stereocenters. The molecule has 0 saturated carbocycles. The molecule has 138 valence electrons. The third-order valence-electron chi connectivity index (χ3n) is 4.65. The van der Waals surface area contributed by atoms with E-state index in [1.54, 1.807) is 7.11 Å². The number of fused-ring (bicyclic) bond motifs is 1. The number of hydrogen-bond acceptors (Lipinski definition) is 4. The number of carbonyl (C=O) groups excluding carboxylic acids is 1. The number of hydrogen-bond donors (Lipinski definition) is 1. The van der Waals surface area contributed by atoms with Crippen molar-refractivity contribution in [2.45, 2.75) is 39.3 Å². The molecular weight excluding hydrogens is 330 g/mol. The topological polar surface area (TPSA) is 56.8 Å². The zero-order valence-electron chi connectivity index (χ0n) is 15.7. The van der Waals surface area contributed by atoms with Crippen LogP contribution in [0.3, 0.4) is 0 Å². The quantitative estimate of drug-likeness (QED) is 0.885. The number of aryl methyl sites for hydroxylation is 1. The van der Waals surface area contributed by atoms with Crippen molar-refractivity contribution in [2.75, 3.05) is 13.9 Å². The van der Waals surface area contributed by atoms with Crippen molar-refractivity contribution in [3.05, 3.63) is 58.7 Å². The number of amides is 1. The van der Waals surface area contributed by atoms with Gasteiger partial charge >= 0.3 is 0 Å². The van der Waals surface area contributed by atoms with Crippen LogP contribution < -0.4 is 14.8 Å². The van der Waals surface area contributed by atoms with Crippen LogP contribution in [0.1, 0.15) is 48.1 Å². The van der Waals surface area contributed by atoms with Crippen molar-refractivity contribution in [2.24, 2.45) is 0 Å². The lowest BCUT2D eigenvalue weighted by Gasteiger charge is -2.25. The van der Waals surface area contributed by atoms with E-state index in [9.17, 15) is 4.79 Å². The highest BCUT2D eigenvalue weighted by atomic mass is 16.7. The lowest BCUT2D eigenvalue weighted by Crippen LogP contribution is -2.33. The van der Waals surface area contributed by atoms with Gasteiger partial charge in [0.2, 0.25) is 0 Å². The first-order chi connectivity index (χ1) is 12.5. The van der Waals surface area contributed by atoms with Crippen molar-refractivity contribution in [3.63, 3.8) is 0 Å². The molecule has 1 aliphatic rings. The van der Waals surface area contributed by atoms with E-state index in [1.165, 1.54) is 0 Å². The van der Waals surface area contributed by atoms with Crippen LogP contribution in [-0.2, 0) is 16.1 Å². The molecule has 2 aromatic carbocycles. The second kappa shape index (κ2) is 7.79. The Hall–Kier alpha value is -2.53. The molecule has 0 bridgehead atoms. The minimum absolute atomic E-state index is 0.0775. The Kier molecular flexibility index (Phi) is 5.47. The molecule has 26 heavy (non-hydrogen) atoms. The molecule has 0 spiro atoms. The SMILES string of the molecule is COc1cc(C)c(CNC(=O)[C@@H]2OCOc3ccccc32)cc1C(C)C. The molecule has 0 aliphatic carbocycles. The van der Waals surface area contributed by atoms with Gasteiger partial charge in [-0.3, -0.25) is 4.79 Å². The fourth-order valence-electron chi connectivity index (χ4n) is 3.14. The summed E-state index contributed by atoms with van der Waals surface area (Å²) >= 11 is 0. The normalized spacial score (nSPS) is 16.0. The molecule has 0 unspecified atom stereocenters. The Morgan fingerprint density at radius 2 is 2.08 bits per heavy atom. The second-order valence-corrected chi connectivity index (χ2v) is 6.74. The Labute approximate surface area is 154 Å². The summed E-state index contributed by atoms with van der Waals surface area (Å²) in [5.41, 5.74) is 4.05. The van der Waals surface area contributed by atoms with Crippen molar-refractivity contribution >= 4 is 5.91 Å². The maximum absolute atomic E-state index is 12.7. The minimum atomic E-state index is -0.650. The van der Waals surface area contributed by atoms with Gasteiger partial charge in [-0.25, -0.2) is 0 Å². The lowest BCUT2D eigenvalue weighted by molar-refractivity contribution is -0.142. The van der Waals surface area contributed by atoms with Gasteiger partial charge in [0.25, 0.3) is 5.91 Å². The summed E-state index contributed by atoms with van der Waals surface area (Å²) in [6.07, 6.45) is -0.650. The number of para-hydroxylation sites is 1. The smallest absolute Gasteiger partial charge is 0.254 e. The van der Waals surface area contributed by atoms with E-state index < -0.39 is 6.10 Å². The summed E-state index contributed by atoms with van der Waals surface area (Å²) in [7, 11) is 1.68. The number of rotatable bonds is 5. The van der Waals surface area contributed by atoms with Gasteiger partial charge in [-0.2, -0.15) is 0 Å². The average molecular weight is 355 g/mol. The van der Waals surface area contributed by atoms with Gasteiger partial charge in [0.1, 0.15) is 11.5 Å². The van der Waals surface area contributed by atoms with Gasteiger partial charge in [-0.1, -0.05) is 32.0 Å². The van der Waals surface area contributed by atoms with Gasteiger partial charge in [0.05, 0.1) is 7.11 Å². The third-order valence-corrected chi connectivity index (χ3v) is 4.65. The van der Waals surface area contributed by atoms with Crippen LogP contribution in [0.4, 0.5) is 0 Å². The van der Waals surface area contributed by atoms with Gasteiger partial charge < -0.3 is 19.5 Å². The number of nitrogens with one attached hydrogen (secondary N) is 1. The maximum Gasteiger partial charge on any atom is 0.254 e. The molecule has 0 saturated heterocycles. The molecule has 1 aliphatic heterocycles. The fourth-order valence-corrected chi connectivity index (χ4v) is 3.14. The van der Waals surface area contributed by atoms with Crippen molar-refractivity contribution in [1.29, 1.82) is 0 Å². The van der Waals surface area contributed by atoms with Crippen LogP contribution in [0.25, 0.3) is 0 Å².